The van der Waals surface area contributed by atoms with Crippen molar-refractivity contribution in [3.63, 3.8) is 0 Å². The topological polar surface area (TPSA) is 50.2 Å². The van der Waals surface area contributed by atoms with Crippen molar-refractivity contribution in [3.05, 3.63) is 48.0 Å². The van der Waals surface area contributed by atoms with Crippen LogP contribution in [0.25, 0.3) is 5.69 Å². The van der Waals surface area contributed by atoms with E-state index in [1.54, 1.807) is 29.1 Å². The molecule has 4 rings (SSSR count). The Hall–Kier alpha value is -1.92. The maximum Gasteiger partial charge on any atom is 0.274 e. The van der Waals surface area contributed by atoms with Crippen molar-refractivity contribution in [1.82, 2.24) is 20.0 Å². The number of nitrogens with one attached hydrogen (secondary N) is 1. The smallest absolute Gasteiger partial charge is 0.274 e. The first-order valence-corrected chi connectivity index (χ1v) is 9.03. The minimum Gasteiger partial charge on any atom is -0.337 e. The Kier molecular flexibility index (Phi) is 5.94. The van der Waals surface area contributed by atoms with E-state index >= 15 is 0 Å². The largest absolute Gasteiger partial charge is 0.337 e. The second-order valence-corrected chi connectivity index (χ2v) is 7.04. The Bertz CT molecular complexity index is 736. The monoisotopic (exact) mass is 378 g/mol. The molecular formula is C19H24ClFN4O. The highest BCUT2D eigenvalue weighted by Crippen LogP contribution is 2.28. The minimum absolute atomic E-state index is 0. The van der Waals surface area contributed by atoms with E-state index in [0.29, 0.717) is 11.7 Å². The molecule has 1 saturated heterocycles. The van der Waals surface area contributed by atoms with Gasteiger partial charge in [0.25, 0.3) is 5.91 Å². The molecule has 1 aromatic carbocycles. The lowest BCUT2D eigenvalue weighted by Crippen LogP contribution is -2.45. The molecule has 26 heavy (non-hydrogen) atoms. The lowest BCUT2D eigenvalue weighted by molar-refractivity contribution is 0.0698. The van der Waals surface area contributed by atoms with Gasteiger partial charge in [-0.3, -0.25) is 4.79 Å². The van der Waals surface area contributed by atoms with E-state index in [-0.39, 0.29) is 24.1 Å². The molecule has 0 spiro atoms. The molecule has 140 valence electrons. The maximum absolute atomic E-state index is 13.0. The number of hydrogen-bond acceptors (Lipinski definition) is 3. The molecule has 1 amide bonds. The van der Waals surface area contributed by atoms with Crippen LogP contribution in [0, 0.1) is 11.7 Å². The van der Waals surface area contributed by atoms with Crippen LogP contribution in [-0.2, 0) is 0 Å². The van der Waals surface area contributed by atoms with Crippen molar-refractivity contribution in [1.29, 1.82) is 0 Å². The summed E-state index contributed by atoms with van der Waals surface area (Å²) in [7, 11) is 0. The SMILES string of the molecule is Cl.O=C(c1ccn(-c2ccc(F)cc2)n1)N1CCC(NCC2CC2)CC1. The Labute approximate surface area is 159 Å². The van der Waals surface area contributed by atoms with Gasteiger partial charge < -0.3 is 10.2 Å². The molecule has 0 atom stereocenters. The standard InChI is InChI=1S/C19H23FN4O.ClH/c20-15-3-5-17(6-4-15)24-12-9-18(22-24)19(25)23-10-7-16(8-11-23)21-13-14-1-2-14;/h3-6,9,12,14,16,21H,1-2,7-8,10-11,13H2;1H. The molecular weight excluding hydrogens is 355 g/mol. The second-order valence-electron chi connectivity index (χ2n) is 7.04. The highest BCUT2D eigenvalue weighted by molar-refractivity contribution is 5.92. The normalized spacial score (nSPS) is 17.8. The van der Waals surface area contributed by atoms with Crippen LogP contribution in [0.3, 0.4) is 0 Å². The second kappa shape index (κ2) is 8.18. The van der Waals surface area contributed by atoms with E-state index in [0.717, 1.165) is 44.1 Å². The summed E-state index contributed by atoms with van der Waals surface area (Å²) in [4.78, 5) is 14.5. The van der Waals surface area contributed by atoms with Crippen molar-refractivity contribution in [3.8, 4) is 5.69 Å². The first-order valence-electron chi connectivity index (χ1n) is 9.03. The van der Waals surface area contributed by atoms with Crippen molar-refractivity contribution >= 4 is 18.3 Å². The van der Waals surface area contributed by atoms with Gasteiger partial charge in [0.05, 0.1) is 5.69 Å². The Balaban J connectivity index is 0.00000196. The van der Waals surface area contributed by atoms with Crippen LogP contribution in [0.15, 0.2) is 36.5 Å². The number of aromatic nitrogens is 2. The highest BCUT2D eigenvalue weighted by atomic mass is 35.5. The Morgan fingerprint density at radius 2 is 1.81 bits per heavy atom. The summed E-state index contributed by atoms with van der Waals surface area (Å²) in [5.41, 5.74) is 1.18. The van der Waals surface area contributed by atoms with Crippen LogP contribution in [0.1, 0.15) is 36.2 Å². The van der Waals surface area contributed by atoms with E-state index in [1.807, 2.05) is 4.90 Å². The number of benzene rings is 1. The van der Waals surface area contributed by atoms with Gasteiger partial charge in [0, 0.05) is 25.3 Å². The predicted molar refractivity (Wildman–Crippen MR) is 100 cm³/mol. The molecule has 0 radical (unpaired) electrons. The number of halogens is 2. The lowest BCUT2D eigenvalue weighted by Gasteiger charge is -2.32. The number of carbonyl (C=O) groups excluding carboxylic acids is 1. The molecule has 0 bridgehead atoms. The summed E-state index contributed by atoms with van der Waals surface area (Å²) < 4.78 is 14.6. The lowest BCUT2D eigenvalue weighted by atomic mass is 10.0. The van der Waals surface area contributed by atoms with Gasteiger partial charge in [0.2, 0.25) is 0 Å². The van der Waals surface area contributed by atoms with Crippen molar-refractivity contribution in [2.24, 2.45) is 5.92 Å². The van der Waals surface area contributed by atoms with Gasteiger partial charge in [-0.15, -0.1) is 12.4 Å². The first-order chi connectivity index (χ1) is 12.2. The summed E-state index contributed by atoms with van der Waals surface area (Å²) >= 11 is 0. The number of hydrogen-bond donors (Lipinski definition) is 1. The highest BCUT2D eigenvalue weighted by Gasteiger charge is 2.27. The summed E-state index contributed by atoms with van der Waals surface area (Å²) in [5.74, 6) is 0.571. The molecule has 5 nitrogen and oxygen atoms in total. The molecule has 7 heteroatoms. The summed E-state index contributed by atoms with van der Waals surface area (Å²) in [6, 6.07) is 8.32. The van der Waals surface area contributed by atoms with Crippen LogP contribution < -0.4 is 5.32 Å². The van der Waals surface area contributed by atoms with Gasteiger partial charge in [0.1, 0.15) is 5.82 Å². The average molecular weight is 379 g/mol. The zero-order valence-corrected chi connectivity index (χ0v) is 15.4. The van der Waals surface area contributed by atoms with Crippen LogP contribution in [0.5, 0.6) is 0 Å². The summed E-state index contributed by atoms with van der Waals surface area (Å²) in [6.45, 7) is 2.66. The van der Waals surface area contributed by atoms with E-state index in [2.05, 4.69) is 10.4 Å². The fraction of sp³-hybridized carbons (Fsp3) is 0.474. The first kappa shape index (κ1) is 18.9. The number of piperidine rings is 1. The van der Waals surface area contributed by atoms with Crippen molar-refractivity contribution in [2.45, 2.75) is 31.7 Å². The summed E-state index contributed by atoms with van der Waals surface area (Å²) in [6.07, 6.45) is 6.46. The third-order valence-electron chi connectivity index (χ3n) is 5.07. The molecule has 1 aliphatic heterocycles. The fourth-order valence-corrected chi connectivity index (χ4v) is 3.28. The van der Waals surface area contributed by atoms with Crippen LogP contribution >= 0.6 is 12.4 Å². The third kappa shape index (κ3) is 4.43. The van der Waals surface area contributed by atoms with E-state index in [4.69, 9.17) is 0 Å². The number of likely N-dealkylation sites (tertiary alicyclic amines) is 1. The van der Waals surface area contributed by atoms with Crippen molar-refractivity contribution < 1.29 is 9.18 Å². The van der Waals surface area contributed by atoms with E-state index in [1.165, 1.54) is 25.0 Å². The Morgan fingerprint density at radius 3 is 2.46 bits per heavy atom. The number of rotatable bonds is 5. The molecule has 2 aromatic rings. The quantitative estimate of drug-likeness (QED) is 0.870. The molecule has 1 aromatic heterocycles. The molecule has 2 heterocycles. The van der Waals surface area contributed by atoms with E-state index < -0.39 is 0 Å². The fourth-order valence-electron chi connectivity index (χ4n) is 3.28. The van der Waals surface area contributed by atoms with E-state index in [9.17, 15) is 9.18 Å². The predicted octanol–water partition coefficient (Wildman–Crippen LogP) is 3.04. The zero-order chi connectivity index (χ0) is 17.2. The number of nitrogens with zero attached hydrogens (tertiary/aromatic N) is 3. The van der Waals surface area contributed by atoms with Gasteiger partial charge in [-0.2, -0.15) is 5.10 Å². The van der Waals surface area contributed by atoms with Gasteiger partial charge >= 0.3 is 0 Å². The average Bonchev–Trinajstić information content (AvgIpc) is 3.35. The van der Waals surface area contributed by atoms with Crippen molar-refractivity contribution in [2.75, 3.05) is 19.6 Å². The van der Waals surface area contributed by atoms with Gasteiger partial charge in [-0.1, -0.05) is 0 Å². The molecule has 2 fully saturated rings. The molecule has 1 aliphatic carbocycles. The minimum atomic E-state index is -0.287. The molecule has 0 unspecified atom stereocenters. The number of carbonyl (C=O) groups is 1. The van der Waals surface area contributed by atoms with Crippen LogP contribution in [-0.4, -0.2) is 46.3 Å². The molecule has 1 N–H and O–H groups in total. The van der Waals surface area contributed by atoms with Crippen LogP contribution in [0.4, 0.5) is 4.39 Å². The molecule has 2 aliphatic rings. The molecule has 1 saturated carbocycles. The number of amides is 1. The maximum atomic E-state index is 13.0. The Morgan fingerprint density at radius 1 is 1.12 bits per heavy atom. The van der Waals surface area contributed by atoms with Gasteiger partial charge in [0.15, 0.2) is 5.69 Å². The van der Waals surface area contributed by atoms with Gasteiger partial charge in [-0.05, 0) is 68.5 Å². The third-order valence-corrected chi connectivity index (χ3v) is 5.07. The van der Waals surface area contributed by atoms with Crippen LogP contribution in [0.2, 0.25) is 0 Å². The summed E-state index contributed by atoms with van der Waals surface area (Å²) in [5, 5.41) is 7.98. The van der Waals surface area contributed by atoms with Gasteiger partial charge in [-0.25, -0.2) is 9.07 Å². The zero-order valence-electron chi connectivity index (χ0n) is 14.6.